The smallest absolute Gasteiger partial charge is 0.245 e. The lowest BCUT2D eigenvalue weighted by Crippen LogP contribution is -2.23. The predicted octanol–water partition coefficient (Wildman–Crippen LogP) is 4.27. The highest BCUT2D eigenvalue weighted by molar-refractivity contribution is 5.46. The van der Waals surface area contributed by atoms with Crippen molar-refractivity contribution >= 4 is 5.82 Å². The first-order valence-corrected chi connectivity index (χ1v) is 9.50. The lowest BCUT2D eigenvalue weighted by Gasteiger charge is -2.22. The molecule has 1 aliphatic carbocycles. The van der Waals surface area contributed by atoms with Gasteiger partial charge in [0, 0.05) is 31.4 Å². The van der Waals surface area contributed by atoms with E-state index >= 15 is 0 Å². The zero-order valence-electron chi connectivity index (χ0n) is 16.1. The summed E-state index contributed by atoms with van der Waals surface area (Å²) < 4.78 is 32.3. The first-order valence-electron chi connectivity index (χ1n) is 9.50. The largest absolute Gasteiger partial charge is 0.496 e. The number of anilines is 1. The maximum atomic E-state index is 13.3. The van der Waals surface area contributed by atoms with Gasteiger partial charge >= 0.3 is 0 Å². The fourth-order valence-corrected chi connectivity index (χ4v) is 2.99. The maximum absolute atomic E-state index is 13.3. The maximum Gasteiger partial charge on any atom is 0.245 e. The number of rotatable bonds is 7. The van der Waals surface area contributed by atoms with Crippen molar-refractivity contribution in [2.24, 2.45) is 0 Å². The molecular weight excluding hydrogens is 352 g/mol. The molecule has 0 aromatic carbocycles. The van der Waals surface area contributed by atoms with Gasteiger partial charge in [-0.25, -0.2) is 18.7 Å². The molecule has 1 aliphatic heterocycles. The Labute approximate surface area is 158 Å². The highest BCUT2D eigenvalue weighted by Gasteiger charge is 2.28. The van der Waals surface area contributed by atoms with Crippen molar-refractivity contribution in [3.05, 3.63) is 35.9 Å². The van der Waals surface area contributed by atoms with Gasteiger partial charge in [0.15, 0.2) is 0 Å². The van der Waals surface area contributed by atoms with Crippen molar-refractivity contribution in [3.8, 4) is 0 Å². The van der Waals surface area contributed by atoms with E-state index in [1.54, 1.807) is 12.3 Å². The number of H-pyrrole nitrogens is 1. The van der Waals surface area contributed by atoms with E-state index in [4.69, 9.17) is 9.72 Å². The average molecular weight is 379 g/mol. The Kier molecular flexibility index (Phi) is 5.92. The summed E-state index contributed by atoms with van der Waals surface area (Å²) in [6.07, 6.45) is 6.13. The number of hydrogen-bond donors (Lipinski definition) is 1. The molecular formula is C19H27F2N5O. The molecule has 2 heterocycles. The van der Waals surface area contributed by atoms with E-state index in [9.17, 15) is 8.78 Å². The summed E-state index contributed by atoms with van der Waals surface area (Å²) >= 11 is 0. The summed E-state index contributed by atoms with van der Waals surface area (Å²) in [7, 11) is 0. The molecule has 0 bridgehead atoms. The second-order valence-corrected chi connectivity index (χ2v) is 7.31. The van der Waals surface area contributed by atoms with Gasteiger partial charge < -0.3 is 9.64 Å². The lowest BCUT2D eigenvalue weighted by atomic mass is 10.1. The van der Waals surface area contributed by atoms with Crippen LogP contribution in [0.15, 0.2) is 24.4 Å². The third kappa shape index (κ3) is 5.61. The number of nitrogens with one attached hydrogen (secondary N) is 1. The second-order valence-electron chi connectivity index (χ2n) is 7.31. The Morgan fingerprint density at radius 3 is 2.74 bits per heavy atom. The van der Waals surface area contributed by atoms with Crippen LogP contribution >= 0.6 is 0 Å². The second kappa shape index (κ2) is 8.19. The molecule has 0 radical (unpaired) electrons. The standard InChI is InChI=1S/C19H27F2N5O/c1-4-26(16-9-13(2)27-11-16)17-10-15(7-8-19(3,20)21)25-23-12-22-18(24-17)14-5-6-14/h10-14H,4-9H2,1-3H3,(H,22,23,24). The van der Waals surface area contributed by atoms with Crippen LogP contribution in [0.1, 0.15) is 63.9 Å². The van der Waals surface area contributed by atoms with Crippen molar-refractivity contribution in [2.75, 3.05) is 11.4 Å². The number of aryl methyl sites for hydroxylation is 1. The highest BCUT2D eigenvalue weighted by atomic mass is 19.3. The monoisotopic (exact) mass is 379 g/mol. The number of halogens is 2. The van der Waals surface area contributed by atoms with Crippen LogP contribution in [0.4, 0.5) is 14.6 Å². The molecule has 0 spiro atoms. The van der Waals surface area contributed by atoms with Gasteiger partial charge in [-0.2, -0.15) is 5.10 Å². The Morgan fingerprint density at radius 1 is 1.37 bits per heavy atom. The van der Waals surface area contributed by atoms with Crippen LogP contribution in [0.3, 0.4) is 0 Å². The lowest BCUT2D eigenvalue weighted by molar-refractivity contribution is 0.0130. The molecule has 148 valence electrons. The van der Waals surface area contributed by atoms with Crippen LogP contribution in [-0.2, 0) is 11.2 Å². The van der Waals surface area contributed by atoms with Gasteiger partial charge in [0.25, 0.3) is 0 Å². The van der Waals surface area contributed by atoms with Gasteiger partial charge in [-0.05, 0) is 40.0 Å². The first-order chi connectivity index (χ1) is 12.9. The van der Waals surface area contributed by atoms with Crippen LogP contribution in [0, 0.1) is 0 Å². The van der Waals surface area contributed by atoms with Crippen molar-refractivity contribution < 1.29 is 13.5 Å². The van der Waals surface area contributed by atoms with Gasteiger partial charge in [-0.15, -0.1) is 0 Å². The Balaban J connectivity index is 2.01. The Morgan fingerprint density at radius 2 is 2.15 bits per heavy atom. The Bertz CT molecular complexity index is 738. The van der Waals surface area contributed by atoms with Crippen molar-refractivity contribution in [1.82, 2.24) is 20.2 Å². The molecule has 1 aromatic heterocycles. The molecule has 1 unspecified atom stereocenters. The van der Waals surface area contributed by atoms with Gasteiger partial charge in [-0.3, -0.25) is 5.10 Å². The molecule has 27 heavy (non-hydrogen) atoms. The quantitative estimate of drug-likeness (QED) is 0.766. The number of nitrogens with zero attached hydrogens (tertiary/aromatic N) is 4. The molecule has 8 heteroatoms. The number of ether oxygens (including phenoxy) is 1. The zero-order valence-corrected chi connectivity index (χ0v) is 16.1. The van der Waals surface area contributed by atoms with Crippen molar-refractivity contribution in [2.45, 2.75) is 70.8 Å². The minimum atomic E-state index is -2.74. The molecule has 6 nitrogen and oxygen atoms in total. The van der Waals surface area contributed by atoms with Crippen molar-refractivity contribution in [3.63, 3.8) is 0 Å². The van der Waals surface area contributed by atoms with E-state index < -0.39 is 5.92 Å². The van der Waals surface area contributed by atoms with E-state index in [0.717, 1.165) is 37.7 Å². The molecule has 1 saturated carbocycles. The van der Waals surface area contributed by atoms with Gasteiger partial charge in [0.2, 0.25) is 5.92 Å². The summed E-state index contributed by atoms with van der Waals surface area (Å²) in [6.45, 7) is 5.65. The molecule has 0 saturated heterocycles. The number of alkyl halides is 2. The third-order valence-corrected chi connectivity index (χ3v) is 4.62. The van der Waals surface area contributed by atoms with Crippen LogP contribution in [-0.4, -0.2) is 38.7 Å². The molecule has 1 fully saturated rings. The summed E-state index contributed by atoms with van der Waals surface area (Å²) in [5.41, 5.74) is 1.54. The van der Waals surface area contributed by atoms with Gasteiger partial charge in [0.1, 0.15) is 30.3 Å². The number of aromatic nitrogens is 4. The predicted molar refractivity (Wildman–Crippen MR) is 99.0 cm³/mol. The average Bonchev–Trinajstić information content (AvgIpc) is 3.34. The SMILES string of the molecule is CCN(C1=COC(C)C1)c1cc(CCC(C)(F)F)n[nH]cnc(C2CC2)n1. The molecule has 1 aromatic rings. The minimum absolute atomic E-state index is 0.115. The molecule has 1 N–H and O–H groups in total. The van der Waals surface area contributed by atoms with Crippen LogP contribution < -0.4 is 4.90 Å². The zero-order chi connectivity index (χ0) is 19.4. The number of aromatic amines is 1. The number of hydrogen-bond acceptors (Lipinski definition) is 5. The fourth-order valence-electron chi connectivity index (χ4n) is 2.99. The normalized spacial score (nSPS) is 19.3. The Hall–Kier alpha value is -2.25. The molecule has 2 aliphatic rings. The summed E-state index contributed by atoms with van der Waals surface area (Å²) in [5.74, 6) is -0.980. The van der Waals surface area contributed by atoms with Crippen molar-refractivity contribution in [1.29, 1.82) is 0 Å². The molecule has 0 amide bonds. The van der Waals surface area contributed by atoms with E-state index in [1.807, 2.05) is 18.7 Å². The minimum Gasteiger partial charge on any atom is -0.496 e. The van der Waals surface area contributed by atoms with E-state index in [-0.39, 0.29) is 18.9 Å². The molecule has 1 atom stereocenters. The summed E-state index contributed by atoms with van der Waals surface area (Å²) in [4.78, 5) is 11.2. The van der Waals surface area contributed by atoms with E-state index in [2.05, 4.69) is 15.2 Å². The highest BCUT2D eigenvalue weighted by Crippen LogP contribution is 2.38. The van der Waals surface area contributed by atoms with E-state index in [1.165, 1.54) is 6.33 Å². The van der Waals surface area contributed by atoms with Crippen LogP contribution in [0.25, 0.3) is 0 Å². The molecule has 3 rings (SSSR count). The third-order valence-electron chi connectivity index (χ3n) is 4.62. The van der Waals surface area contributed by atoms with E-state index in [0.29, 0.717) is 24.0 Å². The van der Waals surface area contributed by atoms with Gasteiger partial charge in [-0.1, -0.05) is 0 Å². The van der Waals surface area contributed by atoms with Crippen LogP contribution in [0.5, 0.6) is 0 Å². The topological polar surface area (TPSA) is 66.9 Å². The summed E-state index contributed by atoms with van der Waals surface area (Å²) in [5, 5.41) is 6.97. The van der Waals surface area contributed by atoms with Gasteiger partial charge in [0.05, 0.1) is 11.4 Å². The summed E-state index contributed by atoms with van der Waals surface area (Å²) in [6, 6.07) is 1.78. The van der Waals surface area contributed by atoms with Crippen LogP contribution in [0.2, 0.25) is 0 Å². The fraction of sp³-hybridized carbons (Fsp3) is 0.632. The first kappa shape index (κ1) is 19.5.